The number of hydrogen-bond donors (Lipinski definition) is 0. The lowest BCUT2D eigenvalue weighted by molar-refractivity contribution is 0.112. The Hall–Kier alpha value is -1.96. The van der Waals surface area contributed by atoms with Gasteiger partial charge in [-0.05, 0) is 40.7 Å². The van der Waals surface area contributed by atoms with Crippen LogP contribution in [0.4, 0.5) is 4.39 Å². The molecule has 0 amide bonds. The Kier molecular flexibility index (Phi) is 4.03. The minimum atomic E-state index is -0.479. The van der Waals surface area contributed by atoms with Crippen molar-refractivity contribution in [2.75, 3.05) is 0 Å². The third-order valence-electron chi connectivity index (χ3n) is 4.01. The molecule has 2 aromatic carbocycles. The Balaban J connectivity index is 2.37. The fraction of sp³-hybridized carbons (Fsp3) is 0.278. The van der Waals surface area contributed by atoms with Gasteiger partial charge in [0.25, 0.3) is 0 Å². The first-order valence-electron chi connectivity index (χ1n) is 6.83. The summed E-state index contributed by atoms with van der Waals surface area (Å²) in [4.78, 5) is 10.8. The maximum atomic E-state index is 13.3. The summed E-state index contributed by atoms with van der Waals surface area (Å²) < 4.78 is 13.3. The average molecular weight is 270 g/mol. The van der Waals surface area contributed by atoms with E-state index in [1.54, 1.807) is 12.1 Å². The lowest BCUT2D eigenvalue weighted by Gasteiger charge is -2.23. The molecule has 0 bridgehead atoms. The highest BCUT2D eigenvalue weighted by atomic mass is 19.1. The normalized spacial score (nSPS) is 11.4. The number of hydrogen-bond acceptors (Lipinski definition) is 1. The van der Waals surface area contributed by atoms with E-state index >= 15 is 0 Å². The van der Waals surface area contributed by atoms with Crippen LogP contribution < -0.4 is 0 Å². The molecule has 2 heteroatoms. The molecule has 20 heavy (non-hydrogen) atoms. The maximum Gasteiger partial charge on any atom is 0.153 e. The van der Waals surface area contributed by atoms with Crippen LogP contribution in [0.2, 0.25) is 0 Å². The molecule has 0 heterocycles. The second-order valence-electron chi connectivity index (χ2n) is 5.67. The monoisotopic (exact) mass is 270 g/mol. The van der Waals surface area contributed by atoms with Crippen molar-refractivity contribution in [1.29, 1.82) is 0 Å². The van der Waals surface area contributed by atoms with Gasteiger partial charge in [-0.1, -0.05) is 51.1 Å². The van der Waals surface area contributed by atoms with Crippen LogP contribution in [-0.2, 0) is 5.41 Å². The highest BCUT2D eigenvalue weighted by molar-refractivity contribution is 5.79. The number of carbonyl (C=O) groups is 1. The van der Waals surface area contributed by atoms with E-state index in [0.29, 0.717) is 6.29 Å². The Morgan fingerprint density at radius 2 is 1.65 bits per heavy atom. The molecular formula is C18H19FO. The van der Waals surface area contributed by atoms with E-state index < -0.39 is 5.82 Å². The maximum absolute atomic E-state index is 13.3. The SMILES string of the molecule is CCC(C)(C)c1ccc(-c2ccc(F)c(C=O)c2)cc1. The summed E-state index contributed by atoms with van der Waals surface area (Å²) in [5.74, 6) is -0.479. The van der Waals surface area contributed by atoms with E-state index in [0.717, 1.165) is 17.5 Å². The molecule has 0 N–H and O–H groups in total. The van der Waals surface area contributed by atoms with Gasteiger partial charge >= 0.3 is 0 Å². The Bertz CT molecular complexity index is 612. The van der Waals surface area contributed by atoms with Gasteiger partial charge in [-0.3, -0.25) is 4.79 Å². The summed E-state index contributed by atoms with van der Waals surface area (Å²) >= 11 is 0. The summed E-state index contributed by atoms with van der Waals surface area (Å²) in [7, 11) is 0. The lowest BCUT2D eigenvalue weighted by atomic mass is 9.82. The largest absolute Gasteiger partial charge is 0.298 e. The first-order valence-corrected chi connectivity index (χ1v) is 6.83. The molecule has 0 aliphatic heterocycles. The van der Waals surface area contributed by atoms with Gasteiger partial charge in [0.15, 0.2) is 6.29 Å². The zero-order valence-corrected chi connectivity index (χ0v) is 12.1. The fourth-order valence-electron chi connectivity index (χ4n) is 2.13. The van der Waals surface area contributed by atoms with Crippen LogP contribution in [0, 0.1) is 5.82 Å². The van der Waals surface area contributed by atoms with Crippen LogP contribution >= 0.6 is 0 Å². The molecule has 0 saturated carbocycles. The Morgan fingerprint density at radius 3 is 2.20 bits per heavy atom. The summed E-state index contributed by atoms with van der Waals surface area (Å²) in [6.45, 7) is 6.60. The predicted molar refractivity (Wildman–Crippen MR) is 80.5 cm³/mol. The quantitative estimate of drug-likeness (QED) is 0.715. The predicted octanol–water partition coefficient (Wildman–Crippen LogP) is 4.99. The number of benzene rings is 2. The van der Waals surface area contributed by atoms with Crippen LogP contribution in [0.15, 0.2) is 42.5 Å². The van der Waals surface area contributed by atoms with Gasteiger partial charge in [0.2, 0.25) is 0 Å². The van der Waals surface area contributed by atoms with Crippen LogP contribution in [-0.4, -0.2) is 6.29 Å². The molecule has 0 unspecified atom stereocenters. The Morgan fingerprint density at radius 1 is 1.05 bits per heavy atom. The van der Waals surface area contributed by atoms with Crippen molar-refractivity contribution >= 4 is 6.29 Å². The van der Waals surface area contributed by atoms with Crippen LogP contribution in [0.3, 0.4) is 0 Å². The molecule has 0 aliphatic carbocycles. The smallest absolute Gasteiger partial charge is 0.153 e. The van der Waals surface area contributed by atoms with E-state index in [9.17, 15) is 9.18 Å². The van der Waals surface area contributed by atoms with E-state index in [1.165, 1.54) is 11.6 Å². The number of rotatable bonds is 4. The number of aldehydes is 1. The van der Waals surface area contributed by atoms with Gasteiger partial charge in [0.1, 0.15) is 5.82 Å². The van der Waals surface area contributed by atoms with Crippen molar-refractivity contribution in [3.8, 4) is 11.1 Å². The molecular weight excluding hydrogens is 251 g/mol. The van der Waals surface area contributed by atoms with E-state index in [-0.39, 0.29) is 11.0 Å². The second-order valence-corrected chi connectivity index (χ2v) is 5.67. The minimum absolute atomic E-state index is 0.0977. The van der Waals surface area contributed by atoms with Gasteiger partial charge in [-0.15, -0.1) is 0 Å². The van der Waals surface area contributed by atoms with Crippen molar-refractivity contribution in [3.05, 3.63) is 59.4 Å². The van der Waals surface area contributed by atoms with Crippen molar-refractivity contribution in [2.24, 2.45) is 0 Å². The summed E-state index contributed by atoms with van der Waals surface area (Å²) in [6, 6.07) is 12.9. The first-order chi connectivity index (χ1) is 9.47. The molecule has 0 spiro atoms. The lowest BCUT2D eigenvalue weighted by Crippen LogP contribution is -2.14. The zero-order valence-electron chi connectivity index (χ0n) is 12.1. The molecule has 0 radical (unpaired) electrons. The summed E-state index contributed by atoms with van der Waals surface area (Å²) in [5.41, 5.74) is 3.37. The molecule has 0 atom stereocenters. The molecule has 0 fully saturated rings. The van der Waals surface area contributed by atoms with Gasteiger partial charge in [0, 0.05) is 0 Å². The number of carbonyl (C=O) groups excluding carboxylic acids is 1. The fourth-order valence-corrected chi connectivity index (χ4v) is 2.13. The number of halogens is 1. The average Bonchev–Trinajstić information content (AvgIpc) is 2.48. The van der Waals surface area contributed by atoms with Gasteiger partial charge in [0.05, 0.1) is 5.56 Å². The molecule has 104 valence electrons. The van der Waals surface area contributed by atoms with Crippen molar-refractivity contribution < 1.29 is 9.18 Å². The summed E-state index contributed by atoms with van der Waals surface area (Å²) in [6.07, 6.45) is 1.62. The second kappa shape index (κ2) is 5.58. The Labute approximate surface area is 119 Å². The third kappa shape index (κ3) is 2.79. The highest BCUT2D eigenvalue weighted by Crippen LogP contribution is 2.29. The van der Waals surface area contributed by atoms with Crippen LogP contribution in [0.25, 0.3) is 11.1 Å². The van der Waals surface area contributed by atoms with E-state index in [4.69, 9.17) is 0 Å². The topological polar surface area (TPSA) is 17.1 Å². The standard InChI is InChI=1S/C18H19FO/c1-4-18(2,3)16-8-5-13(6-9-16)14-7-10-17(19)15(11-14)12-20/h5-12H,4H2,1-3H3. The zero-order chi connectivity index (χ0) is 14.8. The molecule has 2 aromatic rings. The van der Waals surface area contributed by atoms with Crippen LogP contribution in [0.5, 0.6) is 0 Å². The molecule has 1 nitrogen and oxygen atoms in total. The van der Waals surface area contributed by atoms with Gasteiger partial charge in [-0.2, -0.15) is 0 Å². The van der Waals surface area contributed by atoms with Crippen LogP contribution in [0.1, 0.15) is 43.1 Å². The van der Waals surface area contributed by atoms with Gasteiger partial charge in [-0.25, -0.2) is 4.39 Å². The van der Waals surface area contributed by atoms with Crippen molar-refractivity contribution in [1.82, 2.24) is 0 Å². The molecule has 0 aromatic heterocycles. The molecule has 2 rings (SSSR count). The van der Waals surface area contributed by atoms with E-state index in [1.807, 2.05) is 12.1 Å². The van der Waals surface area contributed by atoms with Gasteiger partial charge < -0.3 is 0 Å². The van der Waals surface area contributed by atoms with Crippen molar-refractivity contribution in [2.45, 2.75) is 32.6 Å². The first kappa shape index (κ1) is 14.4. The van der Waals surface area contributed by atoms with Crippen molar-refractivity contribution in [3.63, 3.8) is 0 Å². The van der Waals surface area contributed by atoms with E-state index in [2.05, 4.69) is 32.9 Å². The third-order valence-corrected chi connectivity index (χ3v) is 4.01. The highest BCUT2D eigenvalue weighted by Gasteiger charge is 2.17. The minimum Gasteiger partial charge on any atom is -0.298 e. The molecule has 0 aliphatic rings. The summed E-state index contributed by atoms with van der Waals surface area (Å²) in [5, 5.41) is 0. The molecule has 0 saturated heterocycles.